The summed E-state index contributed by atoms with van der Waals surface area (Å²) in [6.45, 7) is 1.54. The molecule has 1 aromatic rings. The number of aliphatic hydroxyl groups is 1. The van der Waals surface area contributed by atoms with Gasteiger partial charge in [0.1, 0.15) is 0 Å². The summed E-state index contributed by atoms with van der Waals surface area (Å²) in [5.74, 6) is -1.27. The first-order valence-corrected chi connectivity index (χ1v) is 6.54. The first-order valence-electron chi connectivity index (χ1n) is 6.54. The molecule has 2 rings (SSSR count). The van der Waals surface area contributed by atoms with E-state index in [0.29, 0.717) is 0 Å². The fourth-order valence-corrected chi connectivity index (χ4v) is 2.12. The minimum atomic E-state index is -5.12. The van der Waals surface area contributed by atoms with Crippen molar-refractivity contribution >= 4 is 17.3 Å². The number of carbonyl (C=O) groups is 1. The molecule has 23 heavy (non-hydrogen) atoms. The fourth-order valence-electron chi connectivity index (χ4n) is 2.12. The van der Waals surface area contributed by atoms with Gasteiger partial charge in [0, 0.05) is 29.8 Å². The van der Waals surface area contributed by atoms with E-state index in [4.69, 9.17) is 0 Å². The Morgan fingerprint density at radius 1 is 1.52 bits per heavy atom. The van der Waals surface area contributed by atoms with Crippen LogP contribution in [-0.4, -0.2) is 38.6 Å². The summed E-state index contributed by atoms with van der Waals surface area (Å²) in [4.78, 5) is 22.2. The molecule has 0 radical (unpaired) electrons. The van der Waals surface area contributed by atoms with E-state index in [-0.39, 0.29) is 22.7 Å². The maximum absolute atomic E-state index is 13.2. The van der Waals surface area contributed by atoms with E-state index in [1.54, 1.807) is 0 Å². The molecule has 10 heteroatoms. The Bertz CT molecular complexity index is 689. The predicted octanol–water partition coefficient (Wildman–Crippen LogP) is 2.46. The number of halogens is 3. The molecule has 1 atom stereocenters. The maximum atomic E-state index is 13.2. The van der Waals surface area contributed by atoms with Gasteiger partial charge in [0.25, 0.3) is 17.3 Å². The fraction of sp³-hybridized carbons (Fsp3) is 0.385. The number of hydrazone groups is 1. The number of nitro benzene ring substituents is 1. The number of benzene rings is 1. The second-order valence-electron chi connectivity index (χ2n) is 4.94. The average molecular weight is 331 g/mol. The number of non-ortho nitro benzene ring substituents is 1. The normalized spacial score (nSPS) is 21.3. The minimum Gasteiger partial charge on any atom is -0.362 e. The molecule has 0 unspecified atom stereocenters. The largest absolute Gasteiger partial charge is 0.438 e. The highest BCUT2D eigenvalue weighted by Crippen LogP contribution is 2.41. The lowest BCUT2D eigenvalue weighted by Gasteiger charge is -2.32. The number of nitro groups is 1. The molecule has 0 spiro atoms. The highest BCUT2D eigenvalue weighted by molar-refractivity contribution is 5.98. The lowest BCUT2D eigenvalue weighted by molar-refractivity contribution is -0.384. The molecule has 0 aromatic heterocycles. The number of hydrogen-bond donors (Lipinski definition) is 1. The van der Waals surface area contributed by atoms with Gasteiger partial charge in [-0.1, -0.05) is 13.0 Å². The lowest BCUT2D eigenvalue weighted by atomic mass is 10.0. The second kappa shape index (κ2) is 5.61. The van der Waals surface area contributed by atoms with Crippen LogP contribution in [0.5, 0.6) is 0 Å². The Morgan fingerprint density at radius 2 is 2.17 bits per heavy atom. The Kier molecular flexibility index (Phi) is 4.12. The van der Waals surface area contributed by atoms with E-state index in [2.05, 4.69) is 5.10 Å². The van der Waals surface area contributed by atoms with Gasteiger partial charge in [-0.3, -0.25) is 14.9 Å². The van der Waals surface area contributed by atoms with Crippen LogP contribution < -0.4 is 0 Å². The number of amides is 1. The molecule has 7 nitrogen and oxygen atoms in total. The molecule has 1 amide bonds. The molecule has 0 saturated carbocycles. The standard InChI is InChI=1S/C13H12F3N3O4/c1-2-9-7-12(21,13(14,15)16)18(17-9)11(20)8-4-3-5-10(6-8)19(22)23/h3-6,21H,2,7H2,1H3/t12-/m0/s1. The zero-order valence-electron chi connectivity index (χ0n) is 11.9. The first-order chi connectivity index (χ1) is 10.6. The van der Waals surface area contributed by atoms with Crippen LogP contribution in [0.1, 0.15) is 30.1 Å². The topological polar surface area (TPSA) is 96.0 Å². The molecule has 0 fully saturated rings. The van der Waals surface area contributed by atoms with Crippen LogP contribution in [0, 0.1) is 10.1 Å². The molecular formula is C13H12F3N3O4. The van der Waals surface area contributed by atoms with Gasteiger partial charge in [0.05, 0.1) is 4.92 Å². The van der Waals surface area contributed by atoms with Crippen molar-refractivity contribution in [2.75, 3.05) is 0 Å². The van der Waals surface area contributed by atoms with Crippen LogP contribution in [0.4, 0.5) is 18.9 Å². The minimum absolute atomic E-state index is 0.00334. The Hall–Kier alpha value is -2.49. The van der Waals surface area contributed by atoms with Gasteiger partial charge in [-0.25, -0.2) is 0 Å². The number of carbonyl (C=O) groups excluding carboxylic acids is 1. The van der Waals surface area contributed by atoms with E-state index < -0.39 is 34.8 Å². The summed E-state index contributed by atoms with van der Waals surface area (Å²) < 4.78 is 39.5. The molecule has 1 aliphatic rings. The monoisotopic (exact) mass is 331 g/mol. The van der Waals surface area contributed by atoms with Crippen molar-refractivity contribution in [2.45, 2.75) is 31.7 Å². The third kappa shape index (κ3) is 2.89. The molecule has 124 valence electrons. The van der Waals surface area contributed by atoms with E-state index >= 15 is 0 Å². The molecule has 1 N–H and O–H groups in total. The van der Waals surface area contributed by atoms with Crippen molar-refractivity contribution in [3.8, 4) is 0 Å². The summed E-state index contributed by atoms with van der Waals surface area (Å²) in [6.07, 6.45) is -5.85. The predicted molar refractivity (Wildman–Crippen MR) is 72.6 cm³/mol. The van der Waals surface area contributed by atoms with Crippen molar-refractivity contribution < 1.29 is 28.0 Å². The maximum Gasteiger partial charge on any atom is 0.438 e. The molecule has 0 bridgehead atoms. The van der Waals surface area contributed by atoms with Gasteiger partial charge in [-0.05, 0) is 12.5 Å². The smallest absolute Gasteiger partial charge is 0.362 e. The number of alkyl halides is 3. The Labute approximate surface area is 128 Å². The summed E-state index contributed by atoms with van der Waals surface area (Å²) in [5.41, 5.74) is -4.28. The van der Waals surface area contributed by atoms with Crippen molar-refractivity contribution in [3.05, 3.63) is 39.9 Å². The second-order valence-corrected chi connectivity index (χ2v) is 4.94. The van der Waals surface area contributed by atoms with Crippen LogP contribution in [0.15, 0.2) is 29.4 Å². The summed E-state index contributed by atoms with van der Waals surface area (Å²) in [7, 11) is 0. The van der Waals surface area contributed by atoms with E-state index in [1.165, 1.54) is 13.0 Å². The summed E-state index contributed by atoms with van der Waals surface area (Å²) >= 11 is 0. The van der Waals surface area contributed by atoms with Gasteiger partial charge in [0.2, 0.25) is 0 Å². The van der Waals surface area contributed by atoms with Gasteiger partial charge in [0.15, 0.2) is 0 Å². The van der Waals surface area contributed by atoms with Crippen LogP contribution in [0.25, 0.3) is 0 Å². The molecule has 0 aliphatic carbocycles. The quantitative estimate of drug-likeness (QED) is 0.680. The van der Waals surface area contributed by atoms with Gasteiger partial charge >= 0.3 is 6.18 Å². The zero-order chi connectivity index (χ0) is 17.4. The van der Waals surface area contributed by atoms with E-state index in [0.717, 1.165) is 18.2 Å². The van der Waals surface area contributed by atoms with Crippen molar-refractivity contribution in [1.82, 2.24) is 5.01 Å². The molecule has 1 aromatic carbocycles. The lowest BCUT2D eigenvalue weighted by Crippen LogP contribution is -2.56. The zero-order valence-corrected chi connectivity index (χ0v) is 11.9. The highest BCUT2D eigenvalue weighted by Gasteiger charge is 2.63. The molecule has 1 aliphatic heterocycles. The van der Waals surface area contributed by atoms with Gasteiger partial charge in [-0.15, -0.1) is 0 Å². The van der Waals surface area contributed by atoms with Crippen molar-refractivity contribution in [1.29, 1.82) is 0 Å². The third-order valence-corrected chi connectivity index (χ3v) is 3.40. The summed E-state index contributed by atoms with van der Waals surface area (Å²) in [6, 6.07) is 4.21. The van der Waals surface area contributed by atoms with Crippen LogP contribution in [-0.2, 0) is 0 Å². The first kappa shape index (κ1) is 16.9. The number of nitrogens with zero attached hydrogens (tertiary/aromatic N) is 3. The van der Waals surface area contributed by atoms with Crippen LogP contribution in [0.3, 0.4) is 0 Å². The van der Waals surface area contributed by atoms with E-state index in [9.17, 15) is 33.2 Å². The third-order valence-electron chi connectivity index (χ3n) is 3.40. The molecule has 1 heterocycles. The number of rotatable bonds is 3. The average Bonchev–Trinajstić information content (AvgIpc) is 2.84. The molecule has 0 saturated heterocycles. The SMILES string of the molecule is CCC1=NN(C(=O)c2cccc([N+](=O)[O-])c2)[C@@](O)(C(F)(F)F)C1. The van der Waals surface area contributed by atoms with Crippen LogP contribution >= 0.6 is 0 Å². The Balaban J connectivity index is 2.45. The highest BCUT2D eigenvalue weighted by atomic mass is 19.4. The van der Waals surface area contributed by atoms with Crippen molar-refractivity contribution in [3.63, 3.8) is 0 Å². The number of hydrogen-bond acceptors (Lipinski definition) is 5. The Morgan fingerprint density at radius 3 is 2.70 bits per heavy atom. The van der Waals surface area contributed by atoms with Gasteiger partial charge < -0.3 is 5.11 Å². The summed E-state index contributed by atoms with van der Waals surface area (Å²) in [5, 5.41) is 24.1. The van der Waals surface area contributed by atoms with Gasteiger partial charge in [-0.2, -0.15) is 23.3 Å². The van der Waals surface area contributed by atoms with Crippen LogP contribution in [0.2, 0.25) is 0 Å². The van der Waals surface area contributed by atoms with E-state index in [1.807, 2.05) is 0 Å². The molecular weight excluding hydrogens is 319 g/mol. The van der Waals surface area contributed by atoms with Crippen molar-refractivity contribution in [2.24, 2.45) is 5.10 Å².